The summed E-state index contributed by atoms with van der Waals surface area (Å²) in [7, 11) is -0.0827. The molecule has 0 saturated heterocycles. The second-order valence-corrected chi connectivity index (χ2v) is 5.69. The predicted molar refractivity (Wildman–Crippen MR) is 70.3 cm³/mol. The Hall–Kier alpha value is 0.100. The van der Waals surface area contributed by atoms with Gasteiger partial charge >= 0.3 is 8.46 Å². The Bertz CT molecular complexity index is 134. The maximum Gasteiger partial charge on any atom is 0.324 e. The van der Waals surface area contributed by atoms with E-state index in [0.29, 0.717) is 0 Å². The molecule has 0 amide bonds. The fraction of sp³-hybridized carbons (Fsp3) is 1.00. The molecule has 0 aliphatic heterocycles. The summed E-state index contributed by atoms with van der Waals surface area (Å²) in [5.41, 5.74) is 0. The smallest absolute Gasteiger partial charge is 0.0775 e. The Morgan fingerprint density at radius 3 is 1.73 bits per heavy atom. The van der Waals surface area contributed by atoms with Gasteiger partial charge in [-0.1, -0.05) is 63.4 Å². The van der Waals surface area contributed by atoms with Crippen molar-refractivity contribution in [3.8, 4) is 0 Å². The highest BCUT2D eigenvalue weighted by Gasteiger charge is 1.96. The Kier molecular flexibility index (Phi) is 12.3. The highest BCUT2D eigenvalue weighted by molar-refractivity contribution is 7.23. The van der Waals surface area contributed by atoms with Crippen LogP contribution in [0.5, 0.6) is 0 Å². The van der Waals surface area contributed by atoms with Gasteiger partial charge in [-0.2, -0.15) is 0 Å². The molecule has 0 rings (SSSR count). The van der Waals surface area contributed by atoms with Gasteiger partial charge in [-0.3, -0.25) is 0 Å². The average molecular weight is 231 g/mol. The van der Waals surface area contributed by atoms with Gasteiger partial charge in [0.15, 0.2) is 0 Å². The molecule has 0 bridgehead atoms. The van der Waals surface area contributed by atoms with Crippen LogP contribution in [0.3, 0.4) is 0 Å². The summed E-state index contributed by atoms with van der Waals surface area (Å²) in [5.74, 6) is 0.873. The molecule has 0 spiro atoms. The molecular formula is C13H28OP+. The van der Waals surface area contributed by atoms with Crippen LogP contribution >= 0.6 is 8.46 Å². The molecule has 0 aromatic carbocycles. The van der Waals surface area contributed by atoms with E-state index in [-0.39, 0.29) is 8.46 Å². The van der Waals surface area contributed by atoms with Gasteiger partial charge in [0.25, 0.3) is 0 Å². The largest absolute Gasteiger partial charge is 0.324 e. The van der Waals surface area contributed by atoms with E-state index in [0.717, 1.165) is 18.5 Å². The highest BCUT2D eigenvalue weighted by Crippen LogP contribution is 2.12. The van der Waals surface area contributed by atoms with Crippen molar-refractivity contribution in [2.24, 2.45) is 5.92 Å². The Balaban J connectivity index is 2.89. The molecule has 1 unspecified atom stereocenters. The molecule has 1 nitrogen and oxygen atoms in total. The van der Waals surface area contributed by atoms with Crippen LogP contribution < -0.4 is 0 Å². The second kappa shape index (κ2) is 12.2. The second-order valence-electron chi connectivity index (χ2n) is 4.91. The van der Waals surface area contributed by atoms with E-state index in [1.165, 1.54) is 51.4 Å². The van der Waals surface area contributed by atoms with Crippen molar-refractivity contribution in [1.29, 1.82) is 0 Å². The van der Waals surface area contributed by atoms with E-state index in [1.54, 1.807) is 0 Å². The van der Waals surface area contributed by atoms with Crippen LogP contribution in [-0.4, -0.2) is 6.16 Å². The maximum atomic E-state index is 10.2. The minimum Gasteiger partial charge on any atom is -0.0775 e. The summed E-state index contributed by atoms with van der Waals surface area (Å²) in [4.78, 5) is 0. The van der Waals surface area contributed by atoms with E-state index in [9.17, 15) is 4.57 Å². The number of unbranched alkanes of at least 4 members (excludes halogenated alkanes) is 7. The van der Waals surface area contributed by atoms with Gasteiger partial charge in [-0.05, 0) is 18.8 Å². The van der Waals surface area contributed by atoms with Gasteiger partial charge in [-0.25, -0.2) is 0 Å². The average Bonchev–Trinajstić information content (AvgIpc) is 2.20. The lowest BCUT2D eigenvalue weighted by molar-refractivity contribution is 0.508. The summed E-state index contributed by atoms with van der Waals surface area (Å²) in [5, 5.41) is 0. The quantitative estimate of drug-likeness (QED) is 0.354. The summed E-state index contributed by atoms with van der Waals surface area (Å²) in [6.45, 7) is 4.60. The monoisotopic (exact) mass is 231 g/mol. The standard InChI is InChI=1S/C13H27OP/c1-13(2)11-9-7-5-3-4-6-8-10-12-15-14/h13H,3-12H2,1-2H3/p+1. The van der Waals surface area contributed by atoms with E-state index in [1.807, 2.05) is 0 Å². The highest BCUT2D eigenvalue weighted by atomic mass is 31.1. The van der Waals surface area contributed by atoms with Crippen LogP contribution in [0.15, 0.2) is 0 Å². The van der Waals surface area contributed by atoms with Gasteiger partial charge in [0.2, 0.25) is 0 Å². The van der Waals surface area contributed by atoms with Crippen molar-refractivity contribution >= 4 is 8.46 Å². The Morgan fingerprint density at radius 2 is 1.27 bits per heavy atom. The molecule has 0 aliphatic rings. The molecule has 0 fully saturated rings. The molecule has 2 heteroatoms. The van der Waals surface area contributed by atoms with Crippen LogP contribution in [0.2, 0.25) is 0 Å². The van der Waals surface area contributed by atoms with Crippen molar-refractivity contribution in [2.45, 2.75) is 71.6 Å². The first-order valence-electron chi connectivity index (χ1n) is 6.62. The topological polar surface area (TPSA) is 17.1 Å². The first kappa shape index (κ1) is 15.1. The van der Waals surface area contributed by atoms with Gasteiger partial charge < -0.3 is 0 Å². The van der Waals surface area contributed by atoms with Crippen molar-refractivity contribution < 1.29 is 4.57 Å². The van der Waals surface area contributed by atoms with Crippen LogP contribution in [0, 0.1) is 5.92 Å². The fourth-order valence-electron chi connectivity index (χ4n) is 1.81. The van der Waals surface area contributed by atoms with Gasteiger partial charge in [0.05, 0.1) is 0 Å². The molecule has 0 N–H and O–H groups in total. The van der Waals surface area contributed by atoms with E-state index >= 15 is 0 Å². The van der Waals surface area contributed by atoms with Crippen molar-refractivity contribution in [1.82, 2.24) is 0 Å². The number of hydrogen-bond donors (Lipinski definition) is 0. The summed E-state index contributed by atoms with van der Waals surface area (Å²) < 4.78 is 10.2. The molecule has 0 heterocycles. The maximum absolute atomic E-state index is 10.2. The first-order chi connectivity index (χ1) is 7.27. The van der Waals surface area contributed by atoms with Crippen molar-refractivity contribution in [3.05, 3.63) is 0 Å². The molecule has 0 saturated carbocycles. The molecule has 0 aliphatic carbocycles. The third-order valence-electron chi connectivity index (χ3n) is 2.81. The predicted octanol–water partition coefficient (Wildman–Crippen LogP) is 5.18. The molecule has 1 atom stereocenters. The molecule has 15 heavy (non-hydrogen) atoms. The van der Waals surface area contributed by atoms with Gasteiger partial charge in [-0.15, -0.1) is 0 Å². The summed E-state index contributed by atoms with van der Waals surface area (Å²) >= 11 is 0. The van der Waals surface area contributed by atoms with Crippen LogP contribution in [-0.2, 0) is 4.57 Å². The van der Waals surface area contributed by atoms with Crippen molar-refractivity contribution in [3.63, 3.8) is 0 Å². The Labute approximate surface area is 97.2 Å². The zero-order chi connectivity index (χ0) is 11.4. The lowest BCUT2D eigenvalue weighted by Gasteiger charge is -2.03. The first-order valence-corrected chi connectivity index (χ1v) is 7.74. The van der Waals surface area contributed by atoms with E-state index < -0.39 is 0 Å². The molecular weight excluding hydrogens is 203 g/mol. The minimum absolute atomic E-state index is 0.0827. The van der Waals surface area contributed by atoms with E-state index in [4.69, 9.17) is 0 Å². The van der Waals surface area contributed by atoms with Gasteiger partial charge in [0, 0.05) is 0 Å². The van der Waals surface area contributed by atoms with Crippen LogP contribution in [0.25, 0.3) is 0 Å². The molecule has 0 radical (unpaired) electrons. The number of hydrogen-bond acceptors (Lipinski definition) is 1. The SMILES string of the molecule is CC(C)CCCCCCCCCC[PH+]=O. The number of rotatable bonds is 11. The Morgan fingerprint density at radius 1 is 0.800 bits per heavy atom. The third kappa shape index (κ3) is 14.1. The van der Waals surface area contributed by atoms with Crippen molar-refractivity contribution in [2.75, 3.05) is 6.16 Å². The fourth-order valence-corrected chi connectivity index (χ4v) is 2.20. The summed E-state index contributed by atoms with van der Waals surface area (Å²) in [6, 6.07) is 0. The van der Waals surface area contributed by atoms with Gasteiger partial charge in [0.1, 0.15) is 6.16 Å². The zero-order valence-corrected chi connectivity index (χ0v) is 11.6. The van der Waals surface area contributed by atoms with Crippen LogP contribution in [0.4, 0.5) is 0 Å². The van der Waals surface area contributed by atoms with Crippen LogP contribution in [0.1, 0.15) is 71.6 Å². The normalized spacial score (nSPS) is 11.4. The lowest BCUT2D eigenvalue weighted by atomic mass is 10.0. The lowest BCUT2D eigenvalue weighted by Crippen LogP contribution is -1.87. The zero-order valence-electron chi connectivity index (χ0n) is 10.6. The van der Waals surface area contributed by atoms with E-state index in [2.05, 4.69) is 13.8 Å². The molecule has 0 aromatic heterocycles. The minimum atomic E-state index is -0.0827. The third-order valence-corrected chi connectivity index (χ3v) is 3.37. The summed E-state index contributed by atoms with van der Waals surface area (Å²) in [6.07, 6.45) is 13.1. The molecule has 0 aromatic rings. The molecule has 90 valence electrons.